The first kappa shape index (κ1) is 12.2. The second-order valence-corrected chi connectivity index (χ2v) is 4.11. The number of hydrogen-bond acceptors (Lipinski definition) is 2. The Morgan fingerprint density at radius 2 is 1.80 bits per heavy atom. The van der Waals surface area contributed by atoms with Crippen molar-refractivity contribution < 1.29 is 5.11 Å². The van der Waals surface area contributed by atoms with Gasteiger partial charge < -0.3 is 5.11 Å². The average Bonchev–Trinajstić information content (AvgIpc) is 2.26. The minimum Gasteiger partial charge on any atom is -0.387 e. The Balaban J connectivity index is 2.58. The second kappa shape index (κ2) is 5.89. The maximum absolute atomic E-state index is 10.0. The molecule has 0 aliphatic heterocycles. The Kier molecular flexibility index (Phi) is 4.79. The fourth-order valence-corrected chi connectivity index (χ4v) is 1.71. The van der Waals surface area contributed by atoms with Gasteiger partial charge in [-0.25, -0.2) is 0 Å². The Bertz CT molecular complexity index is 271. The lowest BCUT2D eigenvalue weighted by Gasteiger charge is -2.27. The van der Waals surface area contributed by atoms with Gasteiger partial charge in [-0.15, -0.1) is 0 Å². The molecule has 2 heteroatoms. The summed E-state index contributed by atoms with van der Waals surface area (Å²) in [5.74, 6) is 0. The van der Waals surface area contributed by atoms with Crippen molar-refractivity contribution >= 4 is 0 Å². The molecule has 0 spiro atoms. The van der Waals surface area contributed by atoms with E-state index < -0.39 is 0 Å². The third-order valence-corrected chi connectivity index (χ3v) is 2.73. The van der Waals surface area contributed by atoms with Crippen molar-refractivity contribution in [2.45, 2.75) is 32.9 Å². The summed E-state index contributed by atoms with van der Waals surface area (Å²) in [4.78, 5) is 2.26. The summed E-state index contributed by atoms with van der Waals surface area (Å²) in [6, 6.07) is 10.3. The topological polar surface area (TPSA) is 23.5 Å². The average molecular weight is 207 g/mol. The smallest absolute Gasteiger partial charge is 0.0917 e. The van der Waals surface area contributed by atoms with Crippen molar-refractivity contribution in [3.8, 4) is 0 Å². The summed E-state index contributed by atoms with van der Waals surface area (Å²) in [7, 11) is 0. The van der Waals surface area contributed by atoms with Gasteiger partial charge in [-0.3, -0.25) is 4.90 Å². The zero-order valence-electron chi connectivity index (χ0n) is 9.85. The lowest BCUT2D eigenvalue weighted by Crippen LogP contribution is -2.34. The highest BCUT2D eigenvalue weighted by molar-refractivity contribution is 5.17. The number of rotatable bonds is 5. The summed E-state index contributed by atoms with van der Waals surface area (Å²) < 4.78 is 0. The third kappa shape index (κ3) is 3.65. The van der Waals surface area contributed by atoms with Gasteiger partial charge in [0.2, 0.25) is 0 Å². The molecular weight excluding hydrogens is 186 g/mol. The summed E-state index contributed by atoms with van der Waals surface area (Å²) in [6.07, 6.45) is -0.381. The molecule has 0 saturated heterocycles. The molecule has 1 unspecified atom stereocenters. The van der Waals surface area contributed by atoms with Gasteiger partial charge in [0.15, 0.2) is 0 Å². The van der Waals surface area contributed by atoms with E-state index in [1.54, 1.807) is 0 Å². The van der Waals surface area contributed by atoms with Crippen LogP contribution in [-0.2, 0) is 0 Å². The highest BCUT2D eigenvalue weighted by atomic mass is 16.3. The molecule has 0 bridgehead atoms. The summed E-state index contributed by atoms with van der Waals surface area (Å²) in [5, 5.41) is 10.0. The molecule has 0 heterocycles. The van der Waals surface area contributed by atoms with Crippen LogP contribution >= 0.6 is 0 Å². The van der Waals surface area contributed by atoms with Crippen LogP contribution in [0, 0.1) is 0 Å². The van der Waals surface area contributed by atoms with Crippen LogP contribution in [0.3, 0.4) is 0 Å². The van der Waals surface area contributed by atoms with Crippen molar-refractivity contribution in [1.29, 1.82) is 0 Å². The monoisotopic (exact) mass is 207 g/mol. The van der Waals surface area contributed by atoms with E-state index in [1.165, 1.54) is 0 Å². The van der Waals surface area contributed by atoms with Crippen molar-refractivity contribution in [2.24, 2.45) is 0 Å². The molecule has 0 fully saturated rings. The summed E-state index contributed by atoms with van der Waals surface area (Å²) >= 11 is 0. The summed E-state index contributed by atoms with van der Waals surface area (Å²) in [5.41, 5.74) is 0.997. The Hall–Kier alpha value is -0.860. The maximum Gasteiger partial charge on any atom is 0.0917 e. The van der Waals surface area contributed by atoms with Crippen molar-refractivity contribution in [2.75, 3.05) is 13.1 Å². The number of nitrogens with zero attached hydrogens (tertiary/aromatic N) is 1. The van der Waals surface area contributed by atoms with Crippen LogP contribution in [0.4, 0.5) is 0 Å². The van der Waals surface area contributed by atoms with Gasteiger partial charge in [0.25, 0.3) is 0 Å². The van der Waals surface area contributed by atoms with Gasteiger partial charge in [-0.2, -0.15) is 0 Å². The van der Waals surface area contributed by atoms with Gasteiger partial charge in [-0.1, -0.05) is 37.3 Å². The number of likely N-dealkylation sites (N-methyl/N-ethyl adjacent to an activating group) is 1. The molecule has 2 nitrogen and oxygen atoms in total. The van der Waals surface area contributed by atoms with Crippen LogP contribution in [0.5, 0.6) is 0 Å². The number of hydrogen-bond donors (Lipinski definition) is 1. The highest BCUT2D eigenvalue weighted by Gasteiger charge is 2.13. The van der Waals surface area contributed by atoms with E-state index >= 15 is 0 Å². The lowest BCUT2D eigenvalue weighted by atomic mass is 10.1. The normalized spacial score (nSPS) is 13.5. The van der Waals surface area contributed by atoms with Crippen LogP contribution in [-0.4, -0.2) is 29.1 Å². The van der Waals surface area contributed by atoms with Crippen LogP contribution in [0.25, 0.3) is 0 Å². The zero-order chi connectivity index (χ0) is 11.3. The highest BCUT2D eigenvalue weighted by Crippen LogP contribution is 2.14. The molecule has 1 atom stereocenters. The largest absolute Gasteiger partial charge is 0.387 e. The van der Waals surface area contributed by atoms with Crippen LogP contribution in [0.2, 0.25) is 0 Å². The maximum atomic E-state index is 10.0. The predicted molar refractivity (Wildman–Crippen MR) is 63.8 cm³/mol. The first-order valence-electron chi connectivity index (χ1n) is 5.62. The fraction of sp³-hybridized carbons (Fsp3) is 0.538. The lowest BCUT2D eigenvalue weighted by molar-refractivity contribution is 0.0991. The Morgan fingerprint density at radius 1 is 1.20 bits per heavy atom. The Morgan fingerprint density at radius 3 is 2.27 bits per heavy atom. The van der Waals surface area contributed by atoms with Gasteiger partial charge in [0.1, 0.15) is 0 Å². The molecular formula is C13H21NO. The molecule has 84 valence electrons. The van der Waals surface area contributed by atoms with E-state index in [9.17, 15) is 5.11 Å². The second-order valence-electron chi connectivity index (χ2n) is 4.11. The number of aliphatic hydroxyl groups excluding tert-OH is 1. The third-order valence-electron chi connectivity index (χ3n) is 2.73. The van der Waals surface area contributed by atoms with Gasteiger partial charge in [-0.05, 0) is 26.0 Å². The number of aliphatic hydroxyl groups is 1. The van der Waals surface area contributed by atoms with Gasteiger partial charge in [0.05, 0.1) is 6.10 Å². The van der Waals surface area contributed by atoms with E-state index in [4.69, 9.17) is 0 Å². The molecule has 0 aliphatic carbocycles. The van der Waals surface area contributed by atoms with Crippen molar-refractivity contribution in [3.63, 3.8) is 0 Å². The molecule has 0 aromatic heterocycles. The van der Waals surface area contributed by atoms with Crippen molar-refractivity contribution in [1.82, 2.24) is 4.90 Å². The number of benzene rings is 1. The molecule has 15 heavy (non-hydrogen) atoms. The van der Waals surface area contributed by atoms with Crippen LogP contribution in [0.15, 0.2) is 30.3 Å². The molecule has 1 N–H and O–H groups in total. The van der Waals surface area contributed by atoms with Crippen molar-refractivity contribution in [3.05, 3.63) is 35.9 Å². The Labute approximate surface area is 92.5 Å². The molecule has 0 radical (unpaired) electrons. The van der Waals surface area contributed by atoms with Gasteiger partial charge in [0, 0.05) is 12.6 Å². The predicted octanol–water partition coefficient (Wildman–Crippen LogP) is 2.45. The molecule has 1 aromatic carbocycles. The SMILES string of the molecule is CCN(CC(O)c1ccccc1)C(C)C. The minimum absolute atomic E-state index is 0.381. The summed E-state index contributed by atoms with van der Waals surface area (Å²) in [6.45, 7) is 8.11. The van der Waals surface area contributed by atoms with E-state index in [0.717, 1.165) is 12.1 Å². The molecule has 0 aliphatic rings. The first-order valence-corrected chi connectivity index (χ1v) is 5.62. The van der Waals surface area contributed by atoms with Crippen LogP contribution in [0.1, 0.15) is 32.4 Å². The van der Waals surface area contributed by atoms with E-state index in [0.29, 0.717) is 12.6 Å². The standard InChI is InChI=1S/C13H21NO/c1-4-14(11(2)3)10-13(15)12-8-6-5-7-9-12/h5-9,11,13,15H,4,10H2,1-3H3. The molecule has 1 aromatic rings. The quantitative estimate of drug-likeness (QED) is 0.801. The fourth-order valence-electron chi connectivity index (χ4n) is 1.71. The molecule has 1 rings (SSSR count). The van der Waals surface area contributed by atoms with E-state index in [1.807, 2.05) is 30.3 Å². The zero-order valence-corrected chi connectivity index (χ0v) is 9.85. The first-order chi connectivity index (χ1) is 7.15. The molecule has 0 amide bonds. The minimum atomic E-state index is -0.381. The molecule has 0 saturated carbocycles. The van der Waals surface area contributed by atoms with Crippen LogP contribution < -0.4 is 0 Å². The van der Waals surface area contributed by atoms with E-state index in [-0.39, 0.29) is 6.10 Å². The van der Waals surface area contributed by atoms with Gasteiger partial charge >= 0.3 is 0 Å². The van der Waals surface area contributed by atoms with E-state index in [2.05, 4.69) is 25.7 Å².